The zero-order valence-corrected chi connectivity index (χ0v) is 19.5. The van der Waals surface area contributed by atoms with E-state index in [0.717, 1.165) is 70.3 Å². The van der Waals surface area contributed by atoms with E-state index in [1.165, 1.54) is 19.3 Å². The Morgan fingerprint density at radius 3 is 2.71 bits per heavy atom. The van der Waals surface area contributed by atoms with E-state index < -0.39 is 0 Å². The van der Waals surface area contributed by atoms with Gasteiger partial charge in [-0.3, -0.25) is 19.6 Å². The van der Waals surface area contributed by atoms with Crippen molar-refractivity contribution >= 4 is 11.9 Å². The molecule has 1 aromatic rings. The number of carbonyl (C=O) groups is 1. The van der Waals surface area contributed by atoms with Crippen molar-refractivity contribution in [1.29, 1.82) is 0 Å². The van der Waals surface area contributed by atoms with Crippen molar-refractivity contribution in [1.82, 2.24) is 25.3 Å². The molecule has 174 valence electrons. The molecule has 0 bridgehead atoms. The normalized spacial score (nSPS) is 21.8. The van der Waals surface area contributed by atoms with Gasteiger partial charge < -0.3 is 20.0 Å². The van der Waals surface area contributed by atoms with Crippen LogP contribution in [0, 0.1) is 0 Å². The Bertz CT molecular complexity index is 684. The number of hydrogen-bond donors (Lipinski definition) is 2. The molecule has 1 aromatic heterocycles. The van der Waals surface area contributed by atoms with Crippen LogP contribution in [0.2, 0.25) is 0 Å². The zero-order valence-electron chi connectivity index (χ0n) is 19.5. The molecule has 2 aliphatic heterocycles. The molecule has 0 spiro atoms. The Labute approximate surface area is 187 Å². The molecule has 2 atom stereocenters. The number of aliphatic imine (C=N–C) groups is 1. The monoisotopic (exact) mass is 432 g/mol. The predicted octanol–water partition coefficient (Wildman–Crippen LogP) is 1.91. The Kier molecular flexibility index (Phi) is 9.21. The van der Waals surface area contributed by atoms with Crippen LogP contribution in [0.25, 0.3) is 0 Å². The summed E-state index contributed by atoms with van der Waals surface area (Å²) < 4.78 is 5.74. The van der Waals surface area contributed by atoms with E-state index in [1.807, 2.05) is 27.2 Å². The van der Waals surface area contributed by atoms with Crippen molar-refractivity contribution in [3.8, 4) is 0 Å². The van der Waals surface area contributed by atoms with Gasteiger partial charge in [-0.2, -0.15) is 0 Å². The molecule has 3 heterocycles. The number of furan rings is 1. The maximum atomic E-state index is 12.3. The Hall–Kier alpha value is -2.06. The number of guanidine groups is 1. The fraction of sp³-hybridized carbons (Fsp3) is 0.739. The number of nitrogens with zero attached hydrogens (tertiary/aromatic N) is 4. The van der Waals surface area contributed by atoms with Crippen LogP contribution in [0.3, 0.4) is 0 Å². The van der Waals surface area contributed by atoms with Gasteiger partial charge in [-0.1, -0.05) is 6.42 Å². The van der Waals surface area contributed by atoms with Crippen molar-refractivity contribution in [2.75, 3.05) is 60.4 Å². The number of hydrogen-bond acceptors (Lipinski definition) is 5. The molecule has 2 saturated heterocycles. The number of piperidine rings is 1. The Morgan fingerprint density at radius 1 is 1.23 bits per heavy atom. The maximum Gasteiger partial charge on any atom is 0.239 e. The van der Waals surface area contributed by atoms with Gasteiger partial charge in [0.05, 0.1) is 18.3 Å². The summed E-state index contributed by atoms with van der Waals surface area (Å²) in [5, 5.41) is 6.92. The number of likely N-dealkylation sites (tertiary alicyclic amines) is 2. The molecule has 0 radical (unpaired) electrons. The molecule has 0 saturated carbocycles. The first-order valence-electron chi connectivity index (χ1n) is 11.8. The van der Waals surface area contributed by atoms with Crippen LogP contribution in [0.4, 0.5) is 0 Å². The van der Waals surface area contributed by atoms with Crippen LogP contribution < -0.4 is 10.6 Å². The SMILES string of the molecule is CN=C(NCCCN1CCCC1C(=O)N(C)C)NCC(c1ccco1)N1CCCCC1. The third-order valence-electron chi connectivity index (χ3n) is 6.39. The summed E-state index contributed by atoms with van der Waals surface area (Å²) in [7, 11) is 5.50. The minimum absolute atomic E-state index is 0.0473. The van der Waals surface area contributed by atoms with Gasteiger partial charge in [-0.25, -0.2) is 0 Å². The van der Waals surface area contributed by atoms with E-state index >= 15 is 0 Å². The second-order valence-electron chi connectivity index (χ2n) is 8.79. The number of likely N-dealkylation sites (N-methyl/N-ethyl adjacent to an activating group) is 1. The number of nitrogens with one attached hydrogen (secondary N) is 2. The van der Waals surface area contributed by atoms with Crippen LogP contribution in [0.1, 0.15) is 50.3 Å². The second kappa shape index (κ2) is 12.1. The molecule has 8 heteroatoms. The van der Waals surface area contributed by atoms with Crippen molar-refractivity contribution < 1.29 is 9.21 Å². The topological polar surface area (TPSA) is 76.4 Å². The number of rotatable bonds is 9. The highest BCUT2D eigenvalue weighted by atomic mass is 16.3. The molecule has 31 heavy (non-hydrogen) atoms. The van der Waals surface area contributed by atoms with E-state index in [-0.39, 0.29) is 18.0 Å². The molecular formula is C23H40N6O2. The van der Waals surface area contributed by atoms with Gasteiger partial charge in [-0.05, 0) is 63.9 Å². The fourth-order valence-electron chi connectivity index (χ4n) is 4.69. The first-order valence-corrected chi connectivity index (χ1v) is 11.8. The third-order valence-corrected chi connectivity index (χ3v) is 6.39. The highest BCUT2D eigenvalue weighted by Crippen LogP contribution is 2.24. The summed E-state index contributed by atoms with van der Waals surface area (Å²) in [4.78, 5) is 23.3. The van der Waals surface area contributed by atoms with Crippen LogP contribution >= 0.6 is 0 Å². The average molecular weight is 433 g/mol. The number of carbonyl (C=O) groups excluding carboxylic acids is 1. The highest BCUT2D eigenvalue weighted by Gasteiger charge is 2.31. The predicted molar refractivity (Wildman–Crippen MR) is 124 cm³/mol. The van der Waals surface area contributed by atoms with Crippen molar-refractivity contribution in [2.24, 2.45) is 4.99 Å². The molecule has 1 amide bonds. The third kappa shape index (κ3) is 6.71. The van der Waals surface area contributed by atoms with E-state index in [2.05, 4.69) is 31.5 Å². The quantitative estimate of drug-likeness (QED) is 0.353. The summed E-state index contributed by atoms with van der Waals surface area (Å²) in [6, 6.07) is 4.30. The van der Waals surface area contributed by atoms with Gasteiger partial charge in [0.15, 0.2) is 5.96 Å². The van der Waals surface area contributed by atoms with E-state index in [9.17, 15) is 4.79 Å². The summed E-state index contributed by atoms with van der Waals surface area (Å²) in [5.74, 6) is 2.05. The summed E-state index contributed by atoms with van der Waals surface area (Å²) in [6.45, 7) is 5.76. The standard InChI is InChI=1S/C23H40N6O2/c1-24-23(25-12-9-16-28-15-7-10-19(28)22(30)27(2)3)26-18-20(21-11-8-17-31-21)29-13-5-4-6-14-29/h8,11,17,19-20H,4-7,9-10,12-16,18H2,1-3H3,(H2,24,25,26). The molecule has 2 aliphatic rings. The van der Waals surface area contributed by atoms with Crippen LogP contribution in [-0.4, -0.2) is 93.0 Å². The van der Waals surface area contributed by atoms with Crippen molar-refractivity contribution in [3.63, 3.8) is 0 Å². The molecule has 2 fully saturated rings. The van der Waals surface area contributed by atoms with Gasteiger partial charge in [0.25, 0.3) is 0 Å². The molecule has 3 rings (SSSR count). The average Bonchev–Trinajstić information content (AvgIpc) is 3.48. The van der Waals surface area contributed by atoms with E-state index in [1.54, 1.807) is 11.2 Å². The first kappa shape index (κ1) is 23.6. The molecule has 0 aromatic carbocycles. The summed E-state index contributed by atoms with van der Waals surface area (Å²) >= 11 is 0. The van der Waals surface area contributed by atoms with E-state index in [0.29, 0.717) is 0 Å². The van der Waals surface area contributed by atoms with E-state index in [4.69, 9.17) is 4.42 Å². The molecule has 8 nitrogen and oxygen atoms in total. The van der Waals surface area contributed by atoms with Crippen molar-refractivity contribution in [2.45, 2.75) is 50.6 Å². The molecule has 2 N–H and O–H groups in total. The maximum absolute atomic E-state index is 12.3. The van der Waals surface area contributed by atoms with Crippen LogP contribution in [-0.2, 0) is 4.79 Å². The van der Waals surface area contributed by atoms with Gasteiger partial charge in [0, 0.05) is 40.8 Å². The lowest BCUT2D eigenvalue weighted by atomic mass is 10.1. The largest absolute Gasteiger partial charge is 0.468 e. The fourth-order valence-corrected chi connectivity index (χ4v) is 4.69. The summed E-state index contributed by atoms with van der Waals surface area (Å²) in [5.41, 5.74) is 0. The molecule has 0 aliphatic carbocycles. The zero-order chi connectivity index (χ0) is 22.1. The molecular weight excluding hydrogens is 392 g/mol. The lowest BCUT2D eigenvalue weighted by molar-refractivity contribution is -0.133. The Balaban J connectivity index is 1.43. The number of amides is 1. The van der Waals surface area contributed by atoms with Gasteiger partial charge in [-0.15, -0.1) is 0 Å². The summed E-state index contributed by atoms with van der Waals surface area (Å²) in [6.07, 6.45) is 8.62. The lowest BCUT2D eigenvalue weighted by Crippen LogP contribution is -2.45. The Morgan fingerprint density at radius 2 is 2.03 bits per heavy atom. The van der Waals surface area contributed by atoms with Gasteiger partial charge in [0.1, 0.15) is 5.76 Å². The van der Waals surface area contributed by atoms with Crippen molar-refractivity contribution in [3.05, 3.63) is 24.2 Å². The lowest BCUT2D eigenvalue weighted by Gasteiger charge is -2.33. The highest BCUT2D eigenvalue weighted by molar-refractivity contribution is 5.81. The first-order chi connectivity index (χ1) is 15.1. The van der Waals surface area contributed by atoms with Crippen LogP contribution in [0.15, 0.2) is 27.8 Å². The van der Waals surface area contributed by atoms with Gasteiger partial charge >= 0.3 is 0 Å². The van der Waals surface area contributed by atoms with Crippen LogP contribution in [0.5, 0.6) is 0 Å². The second-order valence-corrected chi connectivity index (χ2v) is 8.79. The minimum Gasteiger partial charge on any atom is -0.468 e. The van der Waals surface area contributed by atoms with Gasteiger partial charge in [0.2, 0.25) is 5.91 Å². The molecule has 2 unspecified atom stereocenters. The minimum atomic E-state index is 0.0473. The smallest absolute Gasteiger partial charge is 0.239 e.